The molecule has 1 N–H and O–H groups in total. The lowest BCUT2D eigenvalue weighted by atomic mass is 9.93. The first-order valence-electron chi connectivity index (χ1n) is 9.17. The molecule has 2 atom stereocenters. The summed E-state index contributed by atoms with van der Waals surface area (Å²) in [5.74, 6) is 0. The molecule has 1 heterocycles. The molecular weight excluding hydrogens is 436 g/mol. The van der Waals surface area contributed by atoms with Gasteiger partial charge in [0.05, 0.1) is 16.6 Å². The Balaban J connectivity index is 1.75. The fourth-order valence-electron chi connectivity index (χ4n) is 3.74. The zero-order valence-electron chi connectivity index (χ0n) is 15.4. The molecule has 0 saturated carbocycles. The first kappa shape index (κ1) is 19.0. The van der Waals surface area contributed by atoms with Crippen LogP contribution >= 0.6 is 15.9 Å². The highest BCUT2D eigenvalue weighted by Gasteiger charge is 2.37. The number of anilines is 2. The van der Waals surface area contributed by atoms with Gasteiger partial charge in [-0.05, 0) is 61.4 Å². The van der Waals surface area contributed by atoms with E-state index < -0.39 is 10.0 Å². The van der Waals surface area contributed by atoms with Crippen LogP contribution in [0.15, 0.2) is 88.2 Å². The van der Waals surface area contributed by atoms with E-state index in [0.717, 1.165) is 21.4 Å². The number of para-hydroxylation sites is 2. The number of nitrogens with zero attached hydrogens (tertiary/aromatic N) is 1. The maximum Gasteiger partial charge on any atom is 0.264 e. The predicted molar refractivity (Wildman–Crippen MR) is 117 cm³/mol. The molecule has 144 valence electrons. The van der Waals surface area contributed by atoms with E-state index in [0.29, 0.717) is 11.3 Å². The van der Waals surface area contributed by atoms with Gasteiger partial charge in [0.15, 0.2) is 0 Å². The molecule has 3 aromatic rings. The molecule has 28 heavy (non-hydrogen) atoms. The van der Waals surface area contributed by atoms with Crippen molar-refractivity contribution < 1.29 is 8.42 Å². The number of rotatable bonds is 4. The largest absolute Gasteiger partial charge is 0.378 e. The Morgan fingerprint density at radius 2 is 1.57 bits per heavy atom. The Kier molecular flexibility index (Phi) is 5.17. The number of sulfonamides is 1. The Morgan fingerprint density at radius 3 is 2.29 bits per heavy atom. The van der Waals surface area contributed by atoms with Crippen LogP contribution in [0.3, 0.4) is 0 Å². The van der Waals surface area contributed by atoms with Crippen LogP contribution in [0.4, 0.5) is 11.4 Å². The first-order valence-corrected chi connectivity index (χ1v) is 11.4. The molecule has 0 aliphatic carbocycles. The monoisotopic (exact) mass is 456 g/mol. The molecule has 6 heteroatoms. The number of fused-ring (bicyclic) bond motifs is 1. The van der Waals surface area contributed by atoms with Gasteiger partial charge >= 0.3 is 0 Å². The molecule has 0 saturated heterocycles. The fourth-order valence-corrected chi connectivity index (χ4v) is 5.70. The van der Waals surface area contributed by atoms with Gasteiger partial charge in [-0.2, -0.15) is 0 Å². The van der Waals surface area contributed by atoms with Gasteiger partial charge in [0.2, 0.25) is 0 Å². The summed E-state index contributed by atoms with van der Waals surface area (Å²) < 4.78 is 29.3. The third-order valence-electron chi connectivity index (χ3n) is 5.01. The van der Waals surface area contributed by atoms with Gasteiger partial charge in [-0.25, -0.2) is 8.42 Å². The van der Waals surface area contributed by atoms with Gasteiger partial charge in [0.1, 0.15) is 0 Å². The van der Waals surface area contributed by atoms with E-state index in [1.807, 2.05) is 61.5 Å². The highest BCUT2D eigenvalue weighted by molar-refractivity contribution is 9.10. The van der Waals surface area contributed by atoms with Crippen molar-refractivity contribution in [3.8, 4) is 0 Å². The quantitative estimate of drug-likeness (QED) is 0.556. The zero-order valence-corrected chi connectivity index (χ0v) is 17.8. The second-order valence-electron chi connectivity index (χ2n) is 6.96. The Morgan fingerprint density at radius 1 is 0.929 bits per heavy atom. The fraction of sp³-hybridized carbons (Fsp3) is 0.182. The topological polar surface area (TPSA) is 49.4 Å². The summed E-state index contributed by atoms with van der Waals surface area (Å²) in [7, 11) is -3.65. The van der Waals surface area contributed by atoms with E-state index in [9.17, 15) is 8.42 Å². The van der Waals surface area contributed by atoms with E-state index in [2.05, 4.69) is 21.2 Å². The molecule has 3 aromatic carbocycles. The van der Waals surface area contributed by atoms with Crippen molar-refractivity contribution in [3.05, 3.63) is 88.9 Å². The predicted octanol–water partition coefficient (Wildman–Crippen LogP) is 5.59. The third-order valence-corrected chi connectivity index (χ3v) is 7.48. The van der Waals surface area contributed by atoms with Gasteiger partial charge in [-0.15, -0.1) is 0 Å². The Hall–Kier alpha value is -2.31. The van der Waals surface area contributed by atoms with Crippen molar-refractivity contribution in [2.24, 2.45) is 0 Å². The molecule has 0 fully saturated rings. The zero-order chi connectivity index (χ0) is 19.7. The molecule has 0 spiro atoms. The van der Waals surface area contributed by atoms with Gasteiger partial charge < -0.3 is 5.32 Å². The maximum absolute atomic E-state index is 13.4. The number of hydrogen-bond acceptors (Lipinski definition) is 3. The molecule has 0 bridgehead atoms. The number of nitrogens with one attached hydrogen (secondary N) is 1. The molecular formula is C22H21BrN2O2S. The Labute approximate surface area is 174 Å². The summed E-state index contributed by atoms with van der Waals surface area (Å²) in [5, 5.41) is 3.56. The highest BCUT2D eigenvalue weighted by Crippen LogP contribution is 2.41. The normalized spacial score (nSPS) is 19.1. The molecule has 4 nitrogen and oxygen atoms in total. The van der Waals surface area contributed by atoms with Crippen LogP contribution in [0, 0.1) is 0 Å². The van der Waals surface area contributed by atoms with Crippen molar-refractivity contribution in [2.45, 2.75) is 30.3 Å². The molecule has 1 aliphatic rings. The lowest BCUT2D eigenvalue weighted by molar-refractivity contribution is 0.537. The molecule has 0 unspecified atom stereocenters. The summed E-state index contributed by atoms with van der Waals surface area (Å²) in [6, 6.07) is 24.4. The lowest BCUT2D eigenvalue weighted by Crippen LogP contribution is -2.44. The summed E-state index contributed by atoms with van der Waals surface area (Å²) in [6.07, 6.45) is 0.682. The standard InChI is InChI=1S/C22H21BrN2O2S/c1-16-15-21(24-18-7-3-2-4-8-18)20-9-5-6-10-22(20)25(16)28(26,27)19-13-11-17(23)12-14-19/h2-14,16,21,24H,15H2,1H3/t16-,21+/m0/s1. The van der Waals surface area contributed by atoms with E-state index >= 15 is 0 Å². The SMILES string of the molecule is C[C@H]1C[C@@H](Nc2ccccc2)c2ccccc2N1S(=O)(=O)c1ccc(Br)cc1. The molecule has 0 aromatic heterocycles. The van der Waals surface area contributed by atoms with Crippen LogP contribution in [0.1, 0.15) is 24.9 Å². The molecule has 1 aliphatic heterocycles. The summed E-state index contributed by atoms with van der Waals surface area (Å²) in [5.41, 5.74) is 2.75. The van der Waals surface area contributed by atoms with Crippen molar-refractivity contribution >= 4 is 37.3 Å². The minimum atomic E-state index is -3.65. The Bertz CT molecular complexity index is 1070. The second-order valence-corrected chi connectivity index (χ2v) is 9.69. The van der Waals surface area contributed by atoms with E-state index in [1.165, 1.54) is 0 Å². The van der Waals surface area contributed by atoms with Crippen LogP contribution in [0.25, 0.3) is 0 Å². The average molecular weight is 457 g/mol. The van der Waals surface area contributed by atoms with Crippen LogP contribution in [0.5, 0.6) is 0 Å². The third kappa shape index (κ3) is 3.54. The number of benzene rings is 3. The van der Waals surface area contributed by atoms with Crippen molar-refractivity contribution in [2.75, 3.05) is 9.62 Å². The number of halogens is 1. The van der Waals surface area contributed by atoms with Crippen LogP contribution in [-0.4, -0.2) is 14.5 Å². The summed E-state index contributed by atoms with van der Waals surface area (Å²) in [6.45, 7) is 1.96. The van der Waals surface area contributed by atoms with Crippen molar-refractivity contribution in [1.29, 1.82) is 0 Å². The molecule has 4 rings (SSSR count). The van der Waals surface area contributed by atoms with E-state index in [-0.39, 0.29) is 12.1 Å². The lowest BCUT2D eigenvalue weighted by Gasteiger charge is -2.40. The summed E-state index contributed by atoms with van der Waals surface area (Å²) in [4.78, 5) is 0.298. The summed E-state index contributed by atoms with van der Waals surface area (Å²) >= 11 is 3.37. The highest BCUT2D eigenvalue weighted by atomic mass is 79.9. The minimum absolute atomic E-state index is 0.0463. The minimum Gasteiger partial charge on any atom is -0.378 e. The molecule has 0 amide bonds. The average Bonchev–Trinajstić information content (AvgIpc) is 2.69. The van der Waals surface area contributed by atoms with Crippen LogP contribution in [0.2, 0.25) is 0 Å². The number of hydrogen-bond donors (Lipinski definition) is 1. The second kappa shape index (κ2) is 7.60. The van der Waals surface area contributed by atoms with Crippen molar-refractivity contribution in [1.82, 2.24) is 0 Å². The first-order chi connectivity index (χ1) is 13.5. The van der Waals surface area contributed by atoms with Crippen LogP contribution in [-0.2, 0) is 10.0 Å². The van der Waals surface area contributed by atoms with Gasteiger partial charge in [-0.3, -0.25) is 4.31 Å². The van der Waals surface area contributed by atoms with Gasteiger partial charge in [0, 0.05) is 16.2 Å². The smallest absolute Gasteiger partial charge is 0.264 e. The van der Waals surface area contributed by atoms with Crippen LogP contribution < -0.4 is 9.62 Å². The van der Waals surface area contributed by atoms with Gasteiger partial charge in [-0.1, -0.05) is 52.3 Å². The maximum atomic E-state index is 13.4. The molecule has 0 radical (unpaired) electrons. The van der Waals surface area contributed by atoms with Gasteiger partial charge in [0.25, 0.3) is 10.0 Å². The van der Waals surface area contributed by atoms with Crippen molar-refractivity contribution in [3.63, 3.8) is 0 Å². The van der Waals surface area contributed by atoms with E-state index in [4.69, 9.17) is 0 Å². The van der Waals surface area contributed by atoms with E-state index in [1.54, 1.807) is 28.6 Å².